The van der Waals surface area contributed by atoms with E-state index in [1.54, 1.807) is 5.20 Å². The van der Waals surface area contributed by atoms with E-state index in [0.29, 0.717) is 6.04 Å². The summed E-state index contributed by atoms with van der Waals surface area (Å²) in [6.07, 6.45) is 10.2. The Morgan fingerprint density at radius 1 is 1.12 bits per heavy atom. The van der Waals surface area contributed by atoms with Crippen LogP contribution in [0.5, 0.6) is 0 Å². The van der Waals surface area contributed by atoms with Gasteiger partial charge in [-0.3, -0.25) is 0 Å². The van der Waals surface area contributed by atoms with Gasteiger partial charge in [0.05, 0.1) is 8.80 Å². The van der Waals surface area contributed by atoms with Gasteiger partial charge in [-0.15, -0.1) is 29.8 Å². The average molecular weight is 433 g/mol. The number of rotatable bonds is 1. The molecule has 0 fully saturated rings. The van der Waals surface area contributed by atoms with Crippen LogP contribution in [0.2, 0.25) is 13.1 Å². The van der Waals surface area contributed by atoms with E-state index in [1.807, 2.05) is 6.07 Å². The molecule has 26 heavy (non-hydrogen) atoms. The standard InChI is InChI=1S/C16H12N.C7H11Si.Zr/c1-17-14-9-5-4-8-13(14)16-12-7-3-2-6-11(12)10-15(16)17;1-8(2)7-5-3-4-6-7;/h2-7,9-10,15H,1H3;3-5H,6H2,1-2H3;/q-1;;. The summed E-state index contributed by atoms with van der Waals surface area (Å²) in [7, 11) is 2.05. The Balaban J connectivity index is 0.000000187. The van der Waals surface area contributed by atoms with Gasteiger partial charge in [0.25, 0.3) is 0 Å². The van der Waals surface area contributed by atoms with E-state index in [9.17, 15) is 0 Å². The first-order chi connectivity index (χ1) is 12.2. The van der Waals surface area contributed by atoms with Crippen molar-refractivity contribution in [2.45, 2.75) is 25.6 Å². The van der Waals surface area contributed by atoms with Crippen LogP contribution in [-0.4, -0.2) is 21.9 Å². The molecule has 1 atom stereocenters. The normalized spacial score (nSPS) is 18.3. The minimum absolute atomic E-state index is 0. The molecule has 129 valence electrons. The van der Waals surface area contributed by atoms with E-state index in [0.717, 1.165) is 0 Å². The summed E-state index contributed by atoms with van der Waals surface area (Å²) in [5, 5.41) is 4.38. The van der Waals surface area contributed by atoms with E-state index >= 15 is 0 Å². The van der Waals surface area contributed by atoms with Crippen LogP contribution in [0.4, 0.5) is 5.69 Å². The molecule has 0 saturated heterocycles. The van der Waals surface area contributed by atoms with E-state index < -0.39 is 0 Å². The van der Waals surface area contributed by atoms with Gasteiger partial charge in [0, 0.05) is 32.2 Å². The third-order valence-electron chi connectivity index (χ3n) is 5.20. The molecule has 0 bridgehead atoms. The molecular weight excluding hydrogens is 410 g/mol. The molecule has 0 saturated carbocycles. The number of benzene rings is 2. The van der Waals surface area contributed by atoms with E-state index in [2.05, 4.69) is 91.8 Å². The maximum Gasteiger partial charge on any atom is 0.0741 e. The molecule has 5 rings (SSSR count). The molecule has 2 aromatic carbocycles. The van der Waals surface area contributed by atoms with Crippen LogP contribution < -0.4 is 15.3 Å². The van der Waals surface area contributed by atoms with Crippen LogP contribution >= 0.6 is 0 Å². The molecular formula is C23H23NSiZr-. The molecule has 2 aromatic rings. The number of anilines is 1. The van der Waals surface area contributed by atoms with Gasteiger partial charge in [-0.05, 0) is 24.4 Å². The third-order valence-corrected chi connectivity index (χ3v) is 6.85. The van der Waals surface area contributed by atoms with Crippen LogP contribution in [0.15, 0.2) is 65.9 Å². The first kappa shape index (κ1) is 19.3. The Hall–Kier alpha value is -1.44. The maximum absolute atomic E-state index is 3.39. The second-order valence-corrected chi connectivity index (χ2v) is 9.62. The third kappa shape index (κ3) is 3.40. The monoisotopic (exact) mass is 431 g/mol. The van der Waals surface area contributed by atoms with Crippen molar-refractivity contribution in [3.8, 4) is 0 Å². The molecule has 1 heterocycles. The van der Waals surface area contributed by atoms with Crippen LogP contribution in [-0.2, 0) is 26.2 Å². The molecule has 2 aliphatic carbocycles. The van der Waals surface area contributed by atoms with Gasteiger partial charge in [-0.25, -0.2) is 0 Å². The Kier molecular flexibility index (Phi) is 5.99. The van der Waals surface area contributed by atoms with Crippen molar-refractivity contribution in [2.75, 3.05) is 11.9 Å². The van der Waals surface area contributed by atoms with Crippen molar-refractivity contribution < 1.29 is 26.2 Å². The first-order valence-corrected chi connectivity index (χ1v) is 11.4. The molecule has 0 N–H and O–H groups in total. The zero-order chi connectivity index (χ0) is 17.4. The number of allylic oxidation sites excluding steroid dienone is 4. The van der Waals surface area contributed by atoms with Crippen molar-refractivity contribution in [1.82, 2.24) is 0 Å². The Morgan fingerprint density at radius 3 is 2.62 bits per heavy atom. The predicted octanol–water partition coefficient (Wildman–Crippen LogP) is 3.46. The van der Waals surface area contributed by atoms with Crippen LogP contribution in [0.1, 0.15) is 12.0 Å². The zero-order valence-electron chi connectivity index (χ0n) is 15.6. The number of hydrogen-bond acceptors (Lipinski definition) is 1. The summed E-state index contributed by atoms with van der Waals surface area (Å²) in [5.41, 5.74) is 3.97. The molecule has 1 radical (unpaired) electrons. The van der Waals surface area contributed by atoms with Gasteiger partial charge in [-0.2, -0.15) is 0 Å². The fourth-order valence-corrected chi connectivity index (χ4v) is 4.75. The second-order valence-electron chi connectivity index (χ2n) is 6.98. The Bertz CT molecular complexity index is 987. The van der Waals surface area contributed by atoms with Crippen molar-refractivity contribution in [3.63, 3.8) is 0 Å². The largest absolute Gasteiger partial charge is 0.411 e. The summed E-state index contributed by atoms with van der Waals surface area (Å²) in [6.45, 7) is 4.67. The van der Waals surface area contributed by atoms with Crippen LogP contribution in [0.25, 0.3) is 11.6 Å². The molecule has 3 aliphatic rings. The summed E-state index contributed by atoms with van der Waals surface area (Å²) in [6, 6.07) is 18.6. The number of hydrogen-bond donors (Lipinski definition) is 0. The van der Waals surface area contributed by atoms with Gasteiger partial charge in [-0.1, -0.05) is 77.7 Å². The van der Waals surface area contributed by atoms with Crippen LogP contribution in [0, 0.1) is 6.07 Å². The van der Waals surface area contributed by atoms with E-state index in [4.69, 9.17) is 0 Å². The van der Waals surface area contributed by atoms with Gasteiger partial charge in [0.2, 0.25) is 0 Å². The molecule has 1 unspecified atom stereocenters. The number of nitrogens with zero attached hydrogens (tertiary/aromatic N) is 1. The number of likely N-dealkylation sites (N-methyl/N-ethyl adjacent to an activating group) is 1. The Morgan fingerprint density at radius 2 is 1.92 bits per heavy atom. The number of fused-ring (bicyclic) bond motifs is 4. The summed E-state index contributed by atoms with van der Waals surface area (Å²) in [5.74, 6) is 0. The van der Waals surface area contributed by atoms with Gasteiger partial charge >= 0.3 is 0 Å². The SMILES string of the molecule is CN1c2ccc[c-]c2C2=c3ccccc3=CC21.C[Si](C)C1=CC=CC1.[Zr]. The molecule has 0 aromatic heterocycles. The zero-order valence-corrected chi connectivity index (χ0v) is 19.0. The minimum atomic E-state index is -0.114. The van der Waals surface area contributed by atoms with Gasteiger partial charge in [0.1, 0.15) is 0 Å². The van der Waals surface area contributed by atoms with E-state index in [1.165, 1.54) is 33.7 Å². The first-order valence-electron chi connectivity index (χ1n) is 8.88. The molecule has 1 nitrogen and oxygen atoms in total. The van der Waals surface area contributed by atoms with Crippen LogP contribution in [0.3, 0.4) is 0 Å². The van der Waals surface area contributed by atoms with Crippen molar-refractivity contribution in [1.29, 1.82) is 0 Å². The second kappa shape index (κ2) is 8.06. The fraction of sp³-hybridized carbons (Fsp3) is 0.217. The minimum Gasteiger partial charge on any atom is -0.411 e. The summed E-state index contributed by atoms with van der Waals surface area (Å²) < 4.78 is 0. The predicted molar refractivity (Wildman–Crippen MR) is 109 cm³/mol. The fourth-order valence-electron chi connectivity index (χ4n) is 3.79. The van der Waals surface area contributed by atoms with Crippen molar-refractivity contribution in [2.24, 2.45) is 0 Å². The van der Waals surface area contributed by atoms with E-state index in [-0.39, 0.29) is 35.0 Å². The summed E-state index contributed by atoms with van der Waals surface area (Å²) >= 11 is 0. The average Bonchev–Trinajstić information content (AvgIpc) is 3.33. The quantitative estimate of drug-likeness (QED) is 0.493. The molecule has 0 amide bonds. The smallest absolute Gasteiger partial charge is 0.0741 e. The maximum atomic E-state index is 3.39. The van der Waals surface area contributed by atoms with Gasteiger partial charge < -0.3 is 4.90 Å². The molecule has 0 spiro atoms. The Labute approximate surface area is 177 Å². The van der Waals surface area contributed by atoms with Crippen molar-refractivity contribution >= 4 is 26.1 Å². The molecule has 3 heteroatoms. The van der Waals surface area contributed by atoms with Gasteiger partial charge in [0.15, 0.2) is 0 Å². The topological polar surface area (TPSA) is 3.24 Å². The summed E-state index contributed by atoms with van der Waals surface area (Å²) in [4.78, 5) is 2.33. The molecule has 1 aliphatic heterocycles. The van der Waals surface area contributed by atoms with Crippen molar-refractivity contribution in [3.05, 3.63) is 88.0 Å².